The van der Waals surface area contributed by atoms with Gasteiger partial charge in [0.15, 0.2) is 0 Å². The van der Waals surface area contributed by atoms with E-state index in [1.807, 2.05) is 24.4 Å². The second-order valence-electron chi connectivity index (χ2n) is 3.63. The molecular formula is C11H13N3O2S2. The predicted molar refractivity (Wildman–Crippen MR) is 72.0 cm³/mol. The molecule has 0 aromatic carbocycles. The minimum Gasteiger partial charge on any atom is -0.374 e. The van der Waals surface area contributed by atoms with E-state index in [0.717, 1.165) is 9.88 Å². The van der Waals surface area contributed by atoms with E-state index in [2.05, 4.69) is 15.5 Å². The second-order valence-corrected chi connectivity index (χ2v) is 5.67. The lowest BCUT2D eigenvalue weighted by Gasteiger charge is -2.02. The standard InChI is InChI=1S/C11H13N3O2S2/c1-7(16-2)10-13-14-11(18-10)12-9(15)6-8-4-3-5-17-8/h3-5,7H,6H2,1-2H3,(H,12,14,15). The first-order chi connectivity index (χ1) is 8.69. The summed E-state index contributed by atoms with van der Waals surface area (Å²) in [7, 11) is 1.61. The molecule has 2 heterocycles. The number of thiophene rings is 1. The number of hydrogen-bond donors (Lipinski definition) is 1. The molecule has 0 aliphatic carbocycles. The quantitative estimate of drug-likeness (QED) is 0.915. The largest absolute Gasteiger partial charge is 0.374 e. The van der Waals surface area contributed by atoms with Gasteiger partial charge in [0.05, 0.1) is 6.42 Å². The van der Waals surface area contributed by atoms with Crippen molar-refractivity contribution in [2.75, 3.05) is 12.4 Å². The Morgan fingerprint density at radius 3 is 3.06 bits per heavy atom. The van der Waals surface area contributed by atoms with Gasteiger partial charge in [0.1, 0.15) is 11.1 Å². The zero-order valence-corrected chi connectivity index (χ0v) is 11.7. The van der Waals surface area contributed by atoms with E-state index < -0.39 is 0 Å². The summed E-state index contributed by atoms with van der Waals surface area (Å²) in [5, 5.41) is 13.8. The average molecular weight is 283 g/mol. The van der Waals surface area contributed by atoms with Crippen molar-refractivity contribution in [2.24, 2.45) is 0 Å². The lowest BCUT2D eigenvalue weighted by molar-refractivity contribution is -0.115. The van der Waals surface area contributed by atoms with Crippen molar-refractivity contribution in [1.29, 1.82) is 0 Å². The summed E-state index contributed by atoms with van der Waals surface area (Å²) < 4.78 is 5.14. The number of anilines is 1. The summed E-state index contributed by atoms with van der Waals surface area (Å²) in [6.07, 6.45) is 0.261. The third kappa shape index (κ3) is 3.34. The molecule has 0 radical (unpaired) electrons. The summed E-state index contributed by atoms with van der Waals surface area (Å²) in [4.78, 5) is 12.8. The van der Waals surface area contributed by atoms with Gasteiger partial charge in [-0.2, -0.15) is 0 Å². The first kappa shape index (κ1) is 13.1. The molecule has 1 atom stereocenters. The Morgan fingerprint density at radius 1 is 1.56 bits per heavy atom. The van der Waals surface area contributed by atoms with Crippen LogP contribution in [0.15, 0.2) is 17.5 Å². The van der Waals surface area contributed by atoms with E-state index in [1.165, 1.54) is 11.3 Å². The Kier molecular flexibility index (Phi) is 4.40. The Balaban J connectivity index is 1.93. The molecule has 7 heteroatoms. The van der Waals surface area contributed by atoms with Crippen LogP contribution in [0, 0.1) is 0 Å². The highest BCUT2D eigenvalue weighted by molar-refractivity contribution is 7.15. The van der Waals surface area contributed by atoms with Gasteiger partial charge in [-0.1, -0.05) is 17.4 Å². The maximum atomic E-state index is 11.7. The summed E-state index contributed by atoms with van der Waals surface area (Å²) in [5.41, 5.74) is 0. The molecule has 96 valence electrons. The van der Waals surface area contributed by atoms with Crippen molar-refractivity contribution < 1.29 is 9.53 Å². The number of methoxy groups -OCH3 is 1. The highest BCUT2D eigenvalue weighted by Gasteiger charge is 2.13. The summed E-state index contributed by atoms with van der Waals surface area (Å²) in [6, 6.07) is 3.86. The molecule has 0 spiro atoms. The lowest BCUT2D eigenvalue weighted by Crippen LogP contribution is -2.13. The maximum Gasteiger partial charge on any atom is 0.231 e. The molecule has 0 saturated heterocycles. The number of nitrogens with one attached hydrogen (secondary N) is 1. The van der Waals surface area contributed by atoms with Crippen molar-refractivity contribution in [3.05, 3.63) is 27.4 Å². The van der Waals surface area contributed by atoms with Crippen molar-refractivity contribution in [2.45, 2.75) is 19.4 Å². The first-order valence-corrected chi connectivity index (χ1v) is 7.07. The predicted octanol–water partition coefficient (Wildman–Crippen LogP) is 2.49. The molecule has 0 saturated carbocycles. The zero-order valence-electron chi connectivity index (χ0n) is 10.0. The van der Waals surface area contributed by atoms with Gasteiger partial charge in [-0.3, -0.25) is 4.79 Å². The number of nitrogens with zero attached hydrogens (tertiary/aromatic N) is 2. The number of carbonyl (C=O) groups is 1. The second kappa shape index (κ2) is 6.03. The molecule has 1 N–H and O–H groups in total. The first-order valence-electron chi connectivity index (χ1n) is 5.37. The van der Waals surface area contributed by atoms with Crippen LogP contribution in [0.4, 0.5) is 5.13 Å². The Labute approximate surface area is 113 Å². The number of hydrogen-bond acceptors (Lipinski definition) is 6. The summed E-state index contributed by atoms with van der Waals surface area (Å²) in [5.74, 6) is -0.0785. The monoisotopic (exact) mass is 283 g/mol. The molecule has 5 nitrogen and oxygen atoms in total. The van der Waals surface area contributed by atoms with Gasteiger partial charge in [-0.05, 0) is 18.4 Å². The van der Waals surface area contributed by atoms with Crippen LogP contribution >= 0.6 is 22.7 Å². The van der Waals surface area contributed by atoms with E-state index in [-0.39, 0.29) is 12.0 Å². The molecular weight excluding hydrogens is 270 g/mol. The molecule has 0 aliphatic rings. The smallest absolute Gasteiger partial charge is 0.231 e. The van der Waals surface area contributed by atoms with E-state index >= 15 is 0 Å². The lowest BCUT2D eigenvalue weighted by atomic mass is 10.3. The highest BCUT2D eigenvalue weighted by atomic mass is 32.1. The van der Waals surface area contributed by atoms with Crippen molar-refractivity contribution in [1.82, 2.24) is 10.2 Å². The normalized spacial score (nSPS) is 12.3. The molecule has 2 rings (SSSR count). The highest BCUT2D eigenvalue weighted by Crippen LogP contribution is 2.23. The van der Waals surface area contributed by atoms with Crippen LogP contribution < -0.4 is 5.32 Å². The fraction of sp³-hybridized carbons (Fsp3) is 0.364. The molecule has 0 fully saturated rings. The summed E-state index contributed by atoms with van der Waals surface area (Å²) in [6.45, 7) is 1.89. The summed E-state index contributed by atoms with van der Waals surface area (Å²) >= 11 is 2.89. The zero-order chi connectivity index (χ0) is 13.0. The van der Waals surface area contributed by atoms with Crippen molar-refractivity contribution in [3.8, 4) is 0 Å². The molecule has 18 heavy (non-hydrogen) atoms. The van der Waals surface area contributed by atoms with Gasteiger partial charge >= 0.3 is 0 Å². The fourth-order valence-corrected chi connectivity index (χ4v) is 2.78. The van der Waals surface area contributed by atoms with Gasteiger partial charge in [0, 0.05) is 12.0 Å². The fourth-order valence-electron chi connectivity index (χ4n) is 1.29. The molecule has 0 aliphatic heterocycles. The molecule has 0 bridgehead atoms. The minimum absolute atomic E-state index is 0.0785. The van der Waals surface area contributed by atoms with Crippen LogP contribution in [0.25, 0.3) is 0 Å². The van der Waals surface area contributed by atoms with Crippen LogP contribution in [0.1, 0.15) is 22.9 Å². The average Bonchev–Trinajstić information content (AvgIpc) is 2.99. The Bertz CT molecular complexity index is 510. The van der Waals surface area contributed by atoms with Crippen molar-refractivity contribution >= 4 is 33.7 Å². The van der Waals surface area contributed by atoms with E-state index in [1.54, 1.807) is 18.4 Å². The number of ether oxygens (including phenoxy) is 1. The van der Waals surface area contributed by atoms with Gasteiger partial charge in [0.2, 0.25) is 11.0 Å². The number of rotatable bonds is 5. The Hall–Kier alpha value is -1.31. The van der Waals surface area contributed by atoms with Crippen LogP contribution in [0.3, 0.4) is 0 Å². The van der Waals surface area contributed by atoms with E-state index in [0.29, 0.717) is 11.6 Å². The van der Waals surface area contributed by atoms with Crippen LogP contribution in [-0.4, -0.2) is 23.2 Å². The van der Waals surface area contributed by atoms with Gasteiger partial charge < -0.3 is 10.1 Å². The molecule has 1 amide bonds. The van der Waals surface area contributed by atoms with E-state index in [9.17, 15) is 4.79 Å². The van der Waals surface area contributed by atoms with Gasteiger partial charge in [-0.25, -0.2) is 0 Å². The third-order valence-corrected chi connectivity index (χ3v) is 4.18. The van der Waals surface area contributed by atoms with E-state index in [4.69, 9.17) is 4.74 Å². The maximum absolute atomic E-state index is 11.7. The van der Waals surface area contributed by atoms with Crippen LogP contribution in [-0.2, 0) is 16.0 Å². The van der Waals surface area contributed by atoms with Crippen LogP contribution in [0.5, 0.6) is 0 Å². The molecule has 1 unspecified atom stereocenters. The van der Waals surface area contributed by atoms with Crippen LogP contribution in [0.2, 0.25) is 0 Å². The Morgan fingerprint density at radius 2 is 2.39 bits per heavy atom. The SMILES string of the molecule is COC(C)c1nnc(NC(=O)Cc2cccs2)s1. The number of aromatic nitrogens is 2. The van der Waals surface area contributed by atoms with Gasteiger partial charge in [-0.15, -0.1) is 21.5 Å². The van der Waals surface area contributed by atoms with Crippen molar-refractivity contribution in [3.63, 3.8) is 0 Å². The third-order valence-electron chi connectivity index (χ3n) is 2.30. The molecule has 2 aromatic heterocycles. The number of carbonyl (C=O) groups excluding carboxylic acids is 1. The topological polar surface area (TPSA) is 64.1 Å². The van der Waals surface area contributed by atoms with Gasteiger partial charge in [0.25, 0.3) is 0 Å². The molecule has 2 aromatic rings. The minimum atomic E-state index is -0.106. The number of amides is 1.